The molecule has 0 N–H and O–H groups in total. The van der Waals surface area contributed by atoms with Crippen molar-refractivity contribution < 1.29 is 0 Å². The summed E-state index contributed by atoms with van der Waals surface area (Å²) >= 11 is 0. The Balaban J connectivity index is 4.11. The van der Waals surface area contributed by atoms with Crippen LogP contribution in [0.2, 0.25) is 0 Å². The van der Waals surface area contributed by atoms with Gasteiger partial charge in [-0.15, -0.1) is 0 Å². The molecule has 0 aromatic rings. The Morgan fingerprint density at radius 3 is 2.55 bits per heavy atom. The normalized spacial score (nSPS) is 14.2. The van der Waals surface area contributed by atoms with Gasteiger partial charge in [0.1, 0.15) is 0 Å². The van der Waals surface area contributed by atoms with Gasteiger partial charge in [-0.25, -0.2) is 0 Å². The predicted molar refractivity (Wildman–Crippen MR) is 56.5 cm³/mol. The smallest absolute Gasteiger partial charge is 0.0277 e. The fourth-order valence-corrected chi connectivity index (χ4v) is 1.24. The summed E-state index contributed by atoms with van der Waals surface area (Å²) in [4.78, 5) is 0. The minimum Gasteiger partial charge on any atom is -0.0991 e. The molecule has 0 saturated carbocycles. The topological polar surface area (TPSA) is 0 Å². The van der Waals surface area contributed by atoms with Gasteiger partial charge in [-0.1, -0.05) is 51.6 Å². The lowest BCUT2D eigenvalue weighted by Crippen LogP contribution is -1.62. The number of rotatable bonds is 4. The molecular weight excluding hydrogens is 151 g/mol. The molecule has 0 aliphatic rings. The first kappa shape index (κ1) is 10.4. The fraction of sp³-hybridized carbons (Fsp3) is 0.200. The van der Waals surface area contributed by atoms with Crippen molar-refractivity contribution >= 4 is 8.58 Å². The first-order valence-electron chi connectivity index (χ1n) is 3.65. The third-order valence-corrected chi connectivity index (χ3v) is 2.07. The average molecular weight is 166 g/mol. The second-order valence-corrected chi connectivity index (χ2v) is 3.07. The van der Waals surface area contributed by atoms with Crippen molar-refractivity contribution in [1.29, 1.82) is 0 Å². The van der Waals surface area contributed by atoms with Crippen LogP contribution in [0.15, 0.2) is 48.3 Å². The largest absolute Gasteiger partial charge is 0.0991 e. The van der Waals surface area contributed by atoms with Crippen molar-refractivity contribution in [2.75, 3.05) is 6.66 Å². The molecule has 0 fully saturated rings. The molecule has 0 saturated heterocycles. The van der Waals surface area contributed by atoms with Crippen molar-refractivity contribution in [2.45, 2.75) is 6.92 Å². The molecular formula is C10H15P. The average Bonchev–Trinajstić information content (AvgIpc) is 2.03. The molecule has 0 bridgehead atoms. The highest BCUT2D eigenvalue weighted by atomic mass is 31.1. The van der Waals surface area contributed by atoms with Crippen molar-refractivity contribution in [3.05, 3.63) is 48.3 Å². The number of hydrogen-bond donors (Lipinski definition) is 0. The third kappa shape index (κ3) is 5.82. The predicted octanol–water partition coefficient (Wildman–Crippen LogP) is 3.50. The van der Waals surface area contributed by atoms with Gasteiger partial charge < -0.3 is 0 Å². The standard InChI is InChI=1S/C10H15P/c1-4-6-7-9-10(11-3)8-5-2/h4-9,11H,1H2,2-3H3/b7-6+,8-5-,10-9+. The van der Waals surface area contributed by atoms with Crippen LogP contribution in [0.5, 0.6) is 0 Å². The fourth-order valence-electron chi connectivity index (χ4n) is 0.640. The molecule has 60 valence electrons. The molecule has 0 rings (SSSR count). The van der Waals surface area contributed by atoms with Gasteiger partial charge >= 0.3 is 0 Å². The van der Waals surface area contributed by atoms with Gasteiger partial charge in [-0.2, -0.15) is 0 Å². The molecule has 0 radical (unpaired) electrons. The van der Waals surface area contributed by atoms with E-state index in [2.05, 4.69) is 31.5 Å². The molecule has 1 unspecified atom stereocenters. The summed E-state index contributed by atoms with van der Waals surface area (Å²) in [6.45, 7) is 7.80. The molecule has 0 heterocycles. The van der Waals surface area contributed by atoms with Crippen molar-refractivity contribution in [3.63, 3.8) is 0 Å². The summed E-state index contributed by atoms with van der Waals surface area (Å²) in [6, 6.07) is 0. The molecule has 0 aromatic carbocycles. The van der Waals surface area contributed by atoms with Crippen molar-refractivity contribution in [3.8, 4) is 0 Å². The first-order chi connectivity index (χ1) is 5.35. The quantitative estimate of drug-likeness (QED) is 0.443. The highest BCUT2D eigenvalue weighted by molar-refractivity contribution is 7.42. The maximum atomic E-state index is 3.60. The molecule has 0 aromatic heterocycles. The van der Waals surface area contributed by atoms with Crippen molar-refractivity contribution in [1.82, 2.24) is 0 Å². The van der Waals surface area contributed by atoms with Gasteiger partial charge in [0.2, 0.25) is 0 Å². The van der Waals surface area contributed by atoms with E-state index in [0.717, 1.165) is 8.58 Å². The zero-order valence-corrected chi connectivity index (χ0v) is 8.17. The molecule has 0 nitrogen and oxygen atoms in total. The van der Waals surface area contributed by atoms with Gasteiger partial charge in [0.25, 0.3) is 0 Å². The first-order valence-corrected chi connectivity index (χ1v) is 5.15. The van der Waals surface area contributed by atoms with E-state index in [4.69, 9.17) is 0 Å². The molecule has 1 atom stereocenters. The summed E-state index contributed by atoms with van der Waals surface area (Å²) in [7, 11) is 0.856. The Morgan fingerprint density at radius 1 is 1.36 bits per heavy atom. The van der Waals surface area contributed by atoms with Gasteiger partial charge in [0.05, 0.1) is 0 Å². The number of hydrogen-bond acceptors (Lipinski definition) is 0. The molecule has 11 heavy (non-hydrogen) atoms. The highest BCUT2D eigenvalue weighted by Crippen LogP contribution is 2.19. The molecule has 0 spiro atoms. The minimum absolute atomic E-state index is 0.856. The Labute approximate surface area is 71.2 Å². The van der Waals surface area contributed by atoms with E-state index >= 15 is 0 Å². The van der Waals surface area contributed by atoms with E-state index in [1.165, 1.54) is 5.31 Å². The van der Waals surface area contributed by atoms with E-state index in [9.17, 15) is 0 Å². The Hall–Kier alpha value is -0.610. The van der Waals surface area contributed by atoms with E-state index in [1.54, 1.807) is 6.08 Å². The lowest BCUT2D eigenvalue weighted by molar-refractivity contribution is 1.71. The van der Waals surface area contributed by atoms with Crippen molar-refractivity contribution in [2.24, 2.45) is 0 Å². The Morgan fingerprint density at radius 2 is 2.09 bits per heavy atom. The van der Waals surface area contributed by atoms with E-state index in [-0.39, 0.29) is 0 Å². The SMILES string of the molecule is C=C/C=C/C=C(\C=C/C)PC. The summed E-state index contributed by atoms with van der Waals surface area (Å²) in [5, 5.41) is 1.37. The lowest BCUT2D eigenvalue weighted by Gasteiger charge is -1.91. The van der Waals surface area contributed by atoms with Gasteiger partial charge in [0.15, 0.2) is 0 Å². The summed E-state index contributed by atoms with van der Waals surface area (Å²) in [5.74, 6) is 0. The Bertz CT molecular complexity index is 185. The summed E-state index contributed by atoms with van der Waals surface area (Å²) < 4.78 is 0. The highest BCUT2D eigenvalue weighted by Gasteiger charge is 1.81. The second kappa shape index (κ2) is 7.50. The van der Waals surface area contributed by atoms with Crippen LogP contribution in [0.1, 0.15) is 6.92 Å². The molecule has 0 amide bonds. The zero-order chi connectivity index (χ0) is 8.53. The maximum Gasteiger partial charge on any atom is -0.0277 e. The van der Waals surface area contributed by atoms with Crippen LogP contribution in [0, 0.1) is 0 Å². The van der Waals surface area contributed by atoms with Gasteiger partial charge in [-0.05, 0) is 18.9 Å². The maximum absolute atomic E-state index is 3.60. The Kier molecular flexibility index (Phi) is 7.08. The van der Waals surface area contributed by atoms with Crippen LogP contribution in [-0.2, 0) is 0 Å². The zero-order valence-electron chi connectivity index (χ0n) is 7.17. The number of allylic oxidation sites excluding steroid dienone is 7. The van der Waals surface area contributed by atoms with E-state index in [0.29, 0.717) is 0 Å². The van der Waals surface area contributed by atoms with Gasteiger partial charge in [-0.3, -0.25) is 0 Å². The van der Waals surface area contributed by atoms with Crippen LogP contribution in [0.25, 0.3) is 0 Å². The summed E-state index contributed by atoms with van der Waals surface area (Å²) in [6.07, 6.45) is 12.0. The van der Waals surface area contributed by atoms with E-state index < -0.39 is 0 Å². The van der Waals surface area contributed by atoms with Crippen LogP contribution in [0.4, 0.5) is 0 Å². The van der Waals surface area contributed by atoms with Crippen LogP contribution in [0.3, 0.4) is 0 Å². The molecule has 0 aliphatic heterocycles. The third-order valence-electron chi connectivity index (χ3n) is 1.16. The van der Waals surface area contributed by atoms with Crippen LogP contribution < -0.4 is 0 Å². The molecule has 0 aliphatic carbocycles. The lowest BCUT2D eigenvalue weighted by atomic mass is 10.4. The monoisotopic (exact) mass is 166 g/mol. The molecule has 1 heteroatoms. The van der Waals surface area contributed by atoms with Gasteiger partial charge in [0, 0.05) is 0 Å². The summed E-state index contributed by atoms with van der Waals surface area (Å²) in [5.41, 5.74) is 0. The van der Waals surface area contributed by atoms with Crippen LogP contribution >= 0.6 is 8.58 Å². The van der Waals surface area contributed by atoms with E-state index in [1.807, 2.05) is 19.1 Å². The minimum atomic E-state index is 0.856. The second-order valence-electron chi connectivity index (χ2n) is 1.99. The van der Waals surface area contributed by atoms with Crippen LogP contribution in [-0.4, -0.2) is 6.66 Å².